The van der Waals surface area contributed by atoms with Crippen LogP contribution in [0.4, 0.5) is 9.18 Å². The van der Waals surface area contributed by atoms with Crippen molar-refractivity contribution >= 4 is 11.9 Å². The van der Waals surface area contributed by atoms with Crippen molar-refractivity contribution < 1.29 is 23.8 Å². The quantitative estimate of drug-likeness (QED) is 0.776. The summed E-state index contributed by atoms with van der Waals surface area (Å²) in [5.41, 5.74) is 0.796. The van der Waals surface area contributed by atoms with E-state index in [-0.39, 0.29) is 24.8 Å². The Kier molecular flexibility index (Phi) is 4.77. The predicted molar refractivity (Wildman–Crippen MR) is 99.2 cm³/mol. The van der Waals surface area contributed by atoms with Crippen LogP contribution in [0, 0.1) is 5.82 Å². The zero-order valence-corrected chi connectivity index (χ0v) is 15.2. The number of para-hydroxylation sites is 1. The van der Waals surface area contributed by atoms with Gasteiger partial charge in [-0.1, -0.05) is 36.4 Å². The first-order chi connectivity index (χ1) is 13.5. The van der Waals surface area contributed by atoms with Gasteiger partial charge in [-0.3, -0.25) is 9.69 Å². The molecule has 3 amide bonds. The molecule has 1 aliphatic carbocycles. The van der Waals surface area contributed by atoms with Gasteiger partial charge in [0.25, 0.3) is 5.91 Å². The molecule has 1 saturated heterocycles. The molecule has 0 bridgehead atoms. The number of rotatable bonds is 5. The van der Waals surface area contributed by atoms with Crippen LogP contribution in [0.2, 0.25) is 0 Å². The van der Waals surface area contributed by atoms with Crippen LogP contribution >= 0.6 is 0 Å². The van der Waals surface area contributed by atoms with Crippen molar-refractivity contribution in [3.05, 3.63) is 65.5 Å². The first-order valence-corrected chi connectivity index (χ1v) is 9.29. The third-order valence-corrected chi connectivity index (χ3v) is 5.31. The van der Waals surface area contributed by atoms with E-state index in [1.54, 1.807) is 6.07 Å². The average Bonchev–Trinajstić information content (AvgIpc) is 2.92. The lowest BCUT2D eigenvalue weighted by Crippen LogP contribution is -2.47. The Morgan fingerprint density at radius 3 is 2.75 bits per heavy atom. The minimum atomic E-state index is -1.14. The number of carbonyl (C=O) groups is 2. The van der Waals surface area contributed by atoms with Gasteiger partial charge in [0.1, 0.15) is 18.2 Å². The maximum atomic E-state index is 13.6. The minimum Gasteiger partial charge on any atom is -0.488 e. The fraction of sp³-hybridized carbons (Fsp3) is 0.333. The molecule has 0 unspecified atom stereocenters. The number of hydrogen-bond donors (Lipinski definition) is 2. The summed E-state index contributed by atoms with van der Waals surface area (Å²) in [6.07, 6.45) is 1.03. The monoisotopic (exact) mass is 384 g/mol. The second-order valence-electron chi connectivity index (χ2n) is 7.16. The molecule has 7 heteroatoms. The smallest absolute Gasteiger partial charge is 0.325 e. The predicted octanol–water partition coefficient (Wildman–Crippen LogP) is 2.35. The summed E-state index contributed by atoms with van der Waals surface area (Å²) in [7, 11) is 0. The SMILES string of the molecule is O=C1N[C@@]2(CCCc3ccccc32)C(=O)N1C[C@H](O)COc1ccccc1F. The van der Waals surface area contributed by atoms with E-state index in [1.807, 2.05) is 24.3 Å². The fourth-order valence-corrected chi connectivity index (χ4v) is 3.99. The van der Waals surface area contributed by atoms with Crippen LogP contribution in [0.15, 0.2) is 48.5 Å². The number of fused-ring (bicyclic) bond motifs is 2. The summed E-state index contributed by atoms with van der Waals surface area (Å²) in [4.78, 5) is 26.7. The summed E-state index contributed by atoms with van der Waals surface area (Å²) in [6, 6.07) is 12.9. The van der Waals surface area contributed by atoms with Crippen LogP contribution in [-0.4, -0.2) is 41.2 Å². The van der Waals surface area contributed by atoms with Crippen LogP contribution in [-0.2, 0) is 16.8 Å². The first-order valence-electron chi connectivity index (χ1n) is 9.29. The molecular weight excluding hydrogens is 363 g/mol. The molecule has 1 heterocycles. The van der Waals surface area contributed by atoms with Gasteiger partial charge in [0.15, 0.2) is 11.6 Å². The molecule has 2 aliphatic rings. The van der Waals surface area contributed by atoms with Crippen molar-refractivity contribution in [3.8, 4) is 5.75 Å². The summed E-state index contributed by atoms with van der Waals surface area (Å²) in [5, 5.41) is 13.1. The van der Waals surface area contributed by atoms with Gasteiger partial charge in [-0.2, -0.15) is 0 Å². The lowest BCUT2D eigenvalue weighted by molar-refractivity contribution is -0.133. The number of hydrogen-bond acceptors (Lipinski definition) is 4. The number of halogens is 1. The number of β-amino-alcohol motifs (C(OH)–C–C–N with tert-alkyl or cyclic N) is 1. The fourth-order valence-electron chi connectivity index (χ4n) is 3.99. The normalized spacial score (nSPS) is 22.1. The van der Waals surface area contributed by atoms with Crippen LogP contribution < -0.4 is 10.1 Å². The highest BCUT2D eigenvalue weighted by Crippen LogP contribution is 2.39. The Morgan fingerprint density at radius 1 is 1.18 bits per heavy atom. The number of nitrogens with one attached hydrogen (secondary N) is 1. The van der Waals surface area contributed by atoms with Crippen LogP contribution in [0.25, 0.3) is 0 Å². The summed E-state index contributed by atoms with van der Waals surface area (Å²) >= 11 is 0. The number of nitrogens with zero attached hydrogens (tertiary/aromatic N) is 1. The number of ether oxygens (including phenoxy) is 1. The largest absolute Gasteiger partial charge is 0.488 e. The average molecular weight is 384 g/mol. The number of carbonyl (C=O) groups excluding carboxylic acids is 2. The van der Waals surface area contributed by atoms with Crippen molar-refractivity contribution in [2.75, 3.05) is 13.2 Å². The van der Waals surface area contributed by atoms with Gasteiger partial charge in [-0.25, -0.2) is 9.18 Å². The van der Waals surface area contributed by atoms with E-state index in [4.69, 9.17) is 4.74 Å². The molecule has 0 radical (unpaired) electrons. The van der Waals surface area contributed by atoms with Gasteiger partial charge in [-0.05, 0) is 42.5 Å². The first kappa shape index (κ1) is 18.4. The molecule has 1 fully saturated rings. The van der Waals surface area contributed by atoms with E-state index in [0.717, 1.165) is 28.9 Å². The molecule has 2 aromatic rings. The molecule has 1 aliphatic heterocycles. The number of urea groups is 1. The molecule has 2 atom stereocenters. The van der Waals surface area contributed by atoms with E-state index < -0.39 is 23.5 Å². The lowest BCUT2D eigenvalue weighted by atomic mass is 9.76. The molecule has 0 saturated carbocycles. The van der Waals surface area contributed by atoms with E-state index in [1.165, 1.54) is 18.2 Å². The number of aliphatic hydroxyl groups excluding tert-OH is 1. The molecular formula is C21H21FN2O4. The van der Waals surface area contributed by atoms with Crippen molar-refractivity contribution in [3.63, 3.8) is 0 Å². The van der Waals surface area contributed by atoms with E-state index in [2.05, 4.69) is 5.32 Å². The maximum absolute atomic E-state index is 13.6. The topological polar surface area (TPSA) is 78.9 Å². The highest BCUT2D eigenvalue weighted by molar-refractivity contribution is 6.07. The third kappa shape index (κ3) is 3.11. The third-order valence-electron chi connectivity index (χ3n) is 5.31. The number of aliphatic hydroxyl groups is 1. The van der Waals surface area contributed by atoms with Crippen LogP contribution in [0.1, 0.15) is 24.0 Å². The number of imide groups is 1. The molecule has 1 spiro atoms. The minimum absolute atomic E-state index is 0.0106. The van der Waals surface area contributed by atoms with Crippen molar-refractivity contribution in [2.45, 2.75) is 30.9 Å². The molecule has 0 aromatic heterocycles. The standard InChI is InChI=1S/C21H21FN2O4/c22-17-9-3-4-10-18(17)28-13-15(25)12-24-19(26)21(23-20(24)27)11-5-7-14-6-1-2-8-16(14)21/h1-4,6,8-10,15,25H,5,7,11-13H2,(H,23,27)/t15-,21+/m0/s1. The van der Waals surface area contributed by atoms with Crippen LogP contribution in [0.5, 0.6) is 5.75 Å². The van der Waals surface area contributed by atoms with Crippen molar-refractivity contribution in [1.29, 1.82) is 0 Å². The molecule has 146 valence electrons. The van der Waals surface area contributed by atoms with Crippen molar-refractivity contribution in [2.24, 2.45) is 0 Å². The van der Waals surface area contributed by atoms with E-state index in [0.29, 0.717) is 6.42 Å². The van der Waals surface area contributed by atoms with Gasteiger partial charge in [0.05, 0.1) is 6.54 Å². The number of amides is 3. The summed E-state index contributed by atoms with van der Waals surface area (Å²) < 4.78 is 18.9. The van der Waals surface area contributed by atoms with Gasteiger partial charge < -0.3 is 15.2 Å². The van der Waals surface area contributed by atoms with E-state index >= 15 is 0 Å². The van der Waals surface area contributed by atoms with Crippen molar-refractivity contribution in [1.82, 2.24) is 10.2 Å². The molecule has 2 N–H and O–H groups in total. The van der Waals surface area contributed by atoms with Gasteiger partial charge in [0, 0.05) is 0 Å². The zero-order valence-electron chi connectivity index (χ0n) is 15.2. The Hall–Kier alpha value is -2.93. The van der Waals surface area contributed by atoms with Gasteiger partial charge in [0.2, 0.25) is 0 Å². The Balaban J connectivity index is 1.47. The molecule has 4 rings (SSSR count). The Labute approximate surface area is 161 Å². The molecule has 6 nitrogen and oxygen atoms in total. The summed E-state index contributed by atoms with van der Waals surface area (Å²) in [6.45, 7) is -0.454. The highest BCUT2D eigenvalue weighted by Gasteiger charge is 2.54. The highest BCUT2D eigenvalue weighted by atomic mass is 19.1. The Bertz CT molecular complexity index is 919. The number of benzene rings is 2. The van der Waals surface area contributed by atoms with E-state index in [9.17, 15) is 19.1 Å². The number of aryl methyl sites for hydroxylation is 1. The second kappa shape index (κ2) is 7.24. The van der Waals surface area contributed by atoms with Crippen LogP contribution in [0.3, 0.4) is 0 Å². The summed E-state index contributed by atoms with van der Waals surface area (Å²) in [5.74, 6) is -0.895. The van der Waals surface area contributed by atoms with Gasteiger partial charge in [-0.15, -0.1) is 0 Å². The second-order valence-corrected chi connectivity index (χ2v) is 7.16. The molecule has 2 aromatic carbocycles. The zero-order chi connectivity index (χ0) is 19.7. The maximum Gasteiger partial charge on any atom is 0.325 e. The Morgan fingerprint density at radius 2 is 1.93 bits per heavy atom. The lowest BCUT2D eigenvalue weighted by Gasteiger charge is -2.33. The molecule has 28 heavy (non-hydrogen) atoms. The van der Waals surface area contributed by atoms with Gasteiger partial charge >= 0.3 is 6.03 Å².